The first-order valence-corrected chi connectivity index (χ1v) is 7.85. The molecule has 0 heterocycles. The first-order chi connectivity index (χ1) is 11.7. The lowest BCUT2D eigenvalue weighted by Gasteiger charge is -2.01. The Labute approximate surface area is 142 Å². The zero-order chi connectivity index (χ0) is 16.8. The standard InChI is InChI=1S/C23H17F/c1-2-3-18-4-6-19(7-5-18)8-9-20-10-12-21(13-11-20)22-14-16-23(24)17-15-22/h2-7,10-17H,1H3. The zero-order valence-electron chi connectivity index (χ0n) is 13.5. The molecule has 0 aliphatic carbocycles. The van der Waals surface area contributed by atoms with Gasteiger partial charge in [0.2, 0.25) is 0 Å². The molecule has 0 bridgehead atoms. The fourth-order valence-corrected chi connectivity index (χ4v) is 2.40. The highest BCUT2D eigenvalue weighted by Gasteiger charge is 1.98. The lowest BCUT2D eigenvalue weighted by molar-refractivity contribution is 0.628. The first kappa shape index (κ1) is 15.8. The Morgan fingerprint density at radius 2 is 1.12 bits per heavy atom. The van der Waals surface area contributed by atoms with Gasteiger partial charge in [-0.2, -0.15) is 0 Å². The van der Waals surface area contributed by atoms with Crippen LogP contribution in [0.4, 0.5) is 4.39 Å². The van der Waals surface area contributed by atoms with Crippen molar-refractivity contribution in [2.45, 2.75) is 6.92 Å². The molecule has 0 atom stereocenters. The smallest absolute Gasteiger partial charge is 0.123 e. The van der Waals surface area contributed by atoms with Gasteiger partial charge in [0.15, 0.2) is 0 Å². The molecule has 0 amide bonds. The summed E-state index contributed by atoms with van der Waals surface area (Å²) in [4.78, 5) is 0. The van der Waals surface area contributed by atoms with Crippen molar-refractivity contribution in [2.75, 3.05) is 0 Å². The van der Waals surface area contributed by atoms with E-state index in [1.54, 1.807) is 12.1 Å². The van der Waals surface area contributed by atoms with Crippen LogP contribution in [0.5, 0.6) is 0 Å². The van der Waals surface area contributed by atoms with Crippen LogP contribution in [0, 0.1) is 17.7 Å². The molecule has 0 radical (unpaired) electrons. The van der Waals surface area contributed by atoms with Crippen LogP contribution < -0.4 is 0 Å². The van der Waals surface area contributed by atoms with E-state index >= 15 is 0 Å². The highest BCUT2D eigenvalue weighted by Crippen LogP contribution is 2.19. The Balaban J connectivity index is 1.76. The van der Waals surface area contributed by atoms with Crippen LogP contribution >= 0.6 is 0 Å². The minimum Gasteiger partial charge on any atom is -0.207 e. The molecule has 0 spiro atoms. The molecule has 0 aromatic heterocycles. The Morgan fingerprint density at radius 3 is 1.62 bits per heavy atom. The van der Waals surface area contributed by atoms with E-state index < -0.39 is 0 Å². The normalized spacial score (nSPS) is 10.4. The topological polar surface area (TPSA) is 0 Å². The molecule has 3 aromatic rings. The van der Waals surface area contributed by atoms with Gasteiger partial charge in [0.05, 0.1) is 0 Å². The molecule has 1 heteroatoms. The third-order valence-electron chi connectivity index (χ3n) is 3.68. The fourth-order valence-electron chi connectivity index (χ4n) is 2.40. The van der Waals surface area contributed by atoms with E-state index in [-0.39, 0.29) is 5.82 Å². The lowest BCUT2D eigenvalue weighted by atomic mass is 10.0. The molecule has 0 aliphatic rings. The van der Waals surface area contributed by atoms with Gasteiger partial charge in [-0.05, 0) is 60.0 Å². The third-order valence-corrected chi connectivity index (χ3v) is 3.68. The van der Waals surface area contributed by atoms with Crippen LogP contribution in [0.25, 0.3) is 17.2 Å². The number of benzene rings is 3. The van der Waals surface area contributed by atoms with Crippen molar-refractivity contribution in [2.24, 2.45) is 0 Å². The van der Waals surface area contributed by atoms with Crippen molar-refractivity contribution in [1.29, 1.82) is 0 Å². The van der Waals surface area contributed by atoms with Gasteiger partial charge in [0, 0.05) is 11.1 Å². The molecule has 24 heavy (non-hydrogen) atoms. The number of hydrogen-bond acceptors (Lipinski definition) is 0. The van der Waals surface area contributed by atoms with E-state index in [9.17, 15) is 4.39 Å². The molecule has 116 valence electrons. The summed E-state index contributed by atoms with van der Waals surface area (Å²) in [6, 6.07) is 22.7. The SMILES string of the molecule is CC=Cc1ccc(C#Cc2ccc(-c3ccc(F)cc3)cc2)cc1. The van der Waals surface area contributed by atoms with Crippen molar-refractivity contribution < 1.29 is 4.39 Å². The van der Waals surface area contributed by atoms with Crippen molar-refractivity contribution >= 4 is 6.08 Å². The predicted molar refractivity (Wildman–Crippen MR) is 99.0 cm³/mol. The third kappa shape index (κ3) is 4.00. The molecule has 0 aliphatic heterocycles. The Kier molecular flexibility index (Phi) is 4.89. The van der Waals surface area contributed by atoms with Crippen molar-refractivity contribution in [1.82, 2.24) is 0 Å². The summed E-state index contributed by atoms with van der Waals surface area (Å²) >= 11 is 0. The molecule has 0 fully saturated rings. The minimum absolute atomic E-state index is 0.221. The van der Waals surface area contributed by atoms with E-state index in [4.69, 9.17) is 0 Å². The average molecular weight is 312 g/mol. The Morgan fingerprint density at radius 1 is 0.667 bits per heavy atom. The van der Waals surface area contributed by atoms with E-state index in [1.165, 1.54) is 17.7 Å². The van der Waals surface area contributed by atoms with Crippen LogP contribution in [-0.4, -0.2) is 0 Å². The highest BCUT2D eigenvalue weighted by molar-refractivity contribution is 5.64. The quantitative estimate of drug-likeness (QED) is 0.515. The number of hydrogen-bond donors (Lipinski definition) is 0. The average Bonchev–Trinajstić information content (AvgIpc) is 2.63. The molecule has 0 N–H and O–H groups in total. The van der Waals surface area contributed by atoms with E-state index in [1.807, 2.05) is 49.4 Å². The van der Waals surface area contributed by atoms with E-state index in [0.717, 1.165) is 22.3 Å². The summed E-state index contributed by atoms with van der Waals surface area (Å²) in [5.41, 5.74) is 5.17. The van der Waals surface area contributed by atoms with Gasteiger partial charge >= 0.3 is 0 Å². The van der Waals surface area contributed by atoms with Gasteiger partial charge in [-0.1, -0.05) is 60.4 Å². The summed E-state index contributed by atoms with van der Waals surface area (Å²) in [5.74, 6) is 6.12. The largest absolute Gasteiger partial charge is 0.207 e. The zero-order valence-corrected chi connectivity index (χ0v) is 13.5. The molecular weight excluding hydrogens is 295 g/mol. The maximum absolute atomic E-state index is 13.0. The minimum atomic E-state index is -0.221. The number of rotatable bonds is 2. The van der Waals surface area contributed by atoms with Crippen LogP contribution in [0.1, 0.15) is 23.6 Å². The molecule has 0 saturated heterocycles. The molecule has 3 aromatic carbocycles. The van der Waals surface area contributed by atoms with Gasteiger partial charge in [-0.25, -0.2) is 4.39 Å². The number of halogens is 1. The second-order valence-electron chi connectivity index (χ2n) is 5.46. The van der Waals surface area contributed by atoms with Gasteiger partial charge in [0.25, 0.3) is 0 Å². The van der Waals surface area contributed by atoms with Crippen LogP contribution in [0.15, 0.2) is 78.9 Å². The van der Waals surface area contributed by atoms with Gasteiger partial charge in [-0.15, -0.1) is 0 Å². The monoisotopic (exact) mass is 312 g/mol. The van der Waals surface area contributed by atoms with E-state index in [2.05, 4.69) is 30.0 Å². The maximum Gasteiger partial charge on any atom is 0.123 e. The lowest BCUT2D eigenvalue weighted by Crippen LogP contribution is -1.81. The second kappa shape index (κ2) is 7.44. The predicted octanol–water partition coefficient (Wildman–Crippen LogP) is 5.93. The van der Waals surface area contributed by atoms with Crippen molar-refractivity contribution in [3.63, 3.8) is 0 Å². The number of allylic oxidation sites excluding steroid dienone is 1. The van der Waals surface area contributed by atoms with Gasteiger partial charge in [-0.3, -0.25) is 0 Å². The maximum atomic E-state index is 13.0. The Bertz CT molecular complexity index is 887. The van der Waals surface area contributed by atoms with Gasteiger partial charge in [0.1, 0.15) is 5.82 Å². The van der Waals surface area contributed by atoms with Crippen molar-refractivity contribution in [3.8, 4) is 23.0 Å². The highest BCUT2D eigenvalue weighted by atomic mass is 19.1. The fraction of sp³-hybridized carbons (Fsp3) is 0.0435. The van der Waals surface area contributed by atoms with Crippen molar-refractivity contribution in [3.05, 3.63) is 101 Å². The summed E-state index contributed by atoms with van der Waals surface area (Å²) in [7, 11) is 0. The van der Waals surface area contributed by atoms with Gasteiger partial charge < -0.3 is 0 Å². The molecule has 0 saturated carbocycles. The second-order valence-corrected chi connectivity index (χ2v) is 5.46. The van der Waals surface area contributed by atoms with Crippen LogP contribution in [0.3, 0.4) is 0 Å². The summed E-state index contributed by atoms with van der Waals surface area (Å²) in [6.07, 6.45) is 4.08. The molecule has 3 rings (SSSR count). The molecular formula is C23H17F. The van der Waals surface area contributed by atoms with Crippen LogP contribution in [0.2, 0.25) is 0 Å². The summed E-state index contributed by atoms with van der Waals surface area (Å²) in [5, 5.41) is 0. The molecule has 0 unspecified atom stereocenters. The first-order valence-electron chi connectivity index (χ1n) is 7.85. The summed E-state index contributed by atoms with van der Waals surface area (Å²) in [6.45, 7) is 2.00. The summed E-state index contributed by atoms with van der Waals surface area (Å²) < 4.78 is 13.0. The molecule has 0 nitrogen and oxygen atoms in total. The van der Waals surface area contributed by atoms with E-state index in [0.29, 0.717) is 0 Å². The van der Waals surface area contributed by atoms with Crippen LogP contribution in [-0.2, 0) is 0 Å². The Hall–Kier alpha value is -3.11.